The molecule has 1 aliphatic rings. The average molecular weight is 174 g/mol. The van der Waals surface area contributed by atoms with Crippen molar-refractivity contribution in [3.8, 4) is 0 Å². The van der Waals surface area contributed by atoms with Gasteiger partial charge in [0.15, 0.2) is 0 Å². The molecule has 0 aliphatic carbocycles. The lowest BCUT2D eigenvalue weighted by Gasteiger charge is -2.35. The third kappa shape index (κ3) is 2.12. The number of hydrogen-bond donors (Lipinski definition) is 1. The largest absolute Gasteiger partial charge is 0.393 e. The van der Waals surface area contributed by atoms with Crippen molar-refractivity contribution in [1.82, 2.24) is 0 Å². The van der Waals surface area contributed by atoms with Gasteiger partial charge in [0.1, 0.15) is 0 Å². The molecule has 1 fully saturated rings. The van der Waals surface area contributed by atoms with Crippen LogP contribution in [0.4, 0.5) is 0 Å². The van der Waals surface area contributed by atoms with Gasteiger partial charge in [-0.25, -0.2) is 0 Å². The summed E-state index contributed by atoms with van der Waals surface area (Å²) in [5, 5.41) is 11.0. The lowest BCUT2D eigenvalue weighted by atomic mass is 9.96. The van der Waals surface area contributed by atoms with Crippen molar-refractivity contribution in [2.75, 3.05) is 0 Å². The SMILES string of the molecule is CC[C@@H]1C[C@@H](O)[C@H](C)[C@H](C)S1. The summed E-state index contributed by atoms with van der Waals surface area (Å²) >= 11 is 2.04. The van der Waals surface area contributed by atoms with Gasteiger partial charge >= 0.3 is 0 Å². The molecule has 1 saturated heterocycles. The number of thioether (sulfide) groups is 1. The molecule has 11 heavy (non-hydrogen) atoms. The van der Waals surface area contributed by atoms with E-state index in [-0.39, 0.29) is 6.10 Å². The van der Waals surface area contributed by atoms with Crippen molar-refractivity contribution in [2.45, 2.75) is 50.2 Å². The molecule has 2 heteroatoms. The summed E-state index contributed by atoms with van der Waals surface area (Å²) in [7, 11) is 0. The second kappa shape index (κ2) is 3.81. The second-order valence-corrected chi connectivity index (χ2v) is 5.22. The van der Waals surface area contributed by atoms with Gasteiger partial charge in [-0.3, -0.25) is 0 Å². The molecular weight excluding hydrogens is 156 g/mol. The van der Waals surface area contributed by atoms with E-state index in [1.807, 2.05) is 11.8 Å². The van der Waals surface area contributed by atoms with Gasteiger partial charge in [-0.15, -0.1) is 0 Å². The van der Waals surface area contributed by atoms with Crippen LogP contribution in [0.5, 0.6) is 0 Å². The lowest BCUT2D eigenvalue weighted by molar-refractivity contribution is 0.101. The molecule has 66 valence electrons. The van der Waals surface area contributed by atoms with Crippen molar-refractivity contribution in [3.05, 3.63) is 0 Å². The monoisotopic (exact) mass is 174 g/mol. The molecule has 1 heterocycles. The molecule has 0 aromatic heterocycles. The zero-order chi connectivity index (χ0) is 8.43. The van der Waals surface area contributed by atoms with Gasteiger partial charge in [0.25, 0.3) is 0 Å². The van der Waals surface area contributed by atoms with Crippen molar-refractivity contribution >= 4 is 11.8 Å². The molecule has 0 spiro atoms. The molecule has 0 radical (unpaired) electrons. The van der Waals surface area contributed by atoms with Crippen LogP contribution in [0.3, 0.4) is 0 Å². The molecule has 1 nitrogen and oxygen atoms in total. The predicted octanol–water partition coefficient (Wildman–Crippen LogP) is 2.29. The standard InChI is InChI=1S/C9H18OS/c1-4-8-5-9(10)6(2)7(3)11-8/h6-10H,4-5H2,1-3H3/t6-,7+,8-,9-/m1/s1. The van der Waals surface area contributed by atoms with E-state index in [0.29, 0.717) is 16.4 Å². The van der Waals surface area contributed by atoms with Gasteiger partial charge in [-0.2, -0.15) is 11.8 Å². The van der Waals surface area contributed by atoms with Crippen LogP contribution in [-0.4, -0.2) is 21.7 Å². The third-order valence-corrected chi connectivity index (χ3v) is 4.48. The summed E-state index contributed by atoms with van der Waals surface area (Å²) in [6.07, 6.45) is 2.13. The molecule has 1 aliphatic heterocycles. The van der Waals surface area contributed by atoms with Gasteiger partial charge in [0.2, 0.25) is 0 Å². The Hall–Kier alpha value is 0.310. The van der Waals surface area contributed by atoms with E-state index in [0.717, 1.165) is 6.42 Å². The first-order chi connectivity index (χ1) is 5.15. The Morgan fingerprint density at radius 1 is 1.45 bits per heavy atom. The van der Waals surface area contributed by atoms with Crippen molar-refractivity contribution in [3.63, 3.8) is 0 Å². The Balaban J connectivity index is 2.47. The zero-order valence-electron chi connectivity index (χ0n) is 7.58. The highest BCUT2D eigenvalue weighted by atomic mass is 32.2. The minimum absolute atomic E-state index is 0.0591. The topological polar surface area (TPSA) is 20.2 Å². The summed E-state index contributed by atoms with van der Waals surface area (Å²) in [5.74, 6) is 0.475. The fraction of sp³-hybridized carbons (Fsp3) is 1.00. The van der Waals surface area contributed by atoms with Crippen molar-refractivity contribution < 1.29 is 5.11 Å². The Morgan fingerprint density at radius 3 is 2.55 bits per heavy atom. The quantitative estimate of drug-likeness (QED) is 0.658. The number of aliphatic hydroxyl groups is 1. The average Bonchev–Trinajstić information content (AvgIpc) is 1.99. The first-order valence-electron chi connectivity index (χ1n) is 4.48. The molecule has 0 bridgehead atoms. The van der Waals surface area contributed by atoms with Crippen LogP contribution >= 0.6 is 11.8 Å². The van der Waals surface area contributed by atoms with Gasteiger partial charge in [-0.1, -0.05) is 20.8 Å². The van der Waals surface area contributed by atoms with E-state index in [1.165, 1.54) is 6.42 Å². The van der Waals surface area contributed by atoms with E-state index >= 15 is 0 Å². The first kappa shape index (κ1) is 9.40. The highest BCUT2D eigenvalue weighted by Crippen LogP contribution is 2.36. The Kier molecular flexibility index (Phi) is 3.26. The van der Waals surface area contributed by atoms with Crippen molar-refractivity contribution in [2.24, 2.45) is 5.92 Å². The number of rotatable bonds is 1. The summed E-state index contributed by atoms with van der Waals surface area (Å²) in [4.78, 5) is 0. The Bertz CT molecular complexity index is 115. The number of hydrogen-bond acceptors (Lipinski definition) is 2. The maximum absolute atomic E-state index is 9.64. The molecule has 0 unspecified atom stereocenters. The summed E-state index contributed by atoms with van der Waals surface area (Å²) in [5.41, 5.74) is 0. The fourth-order valence-corrected chi connectivity index (χ4v) is 3.08. The molecule has 1 rings (SSSR count). The van der Waals surface area contributed by atoms with Crippen LogP contribution in [0.1, 0.15) is 33.6 Å². The smallest absolute Gasteiger partial charge is 0.0586 e. The minimum Gasteiger partial charge on any atom is -0.393 e. The molecule has 0 aromatic carbocycles. The van der Waals surface area contributed by atoms with Crippen LogP contribution in [0, 0.1) is 5.92 Å². The normalized spacial score (nSPS) is 45.8. The molecule has 1 N–H and O–H groups in total. The maximum atomic E-state index is 9.64. The van der Waals surface area contributed by atoms with Crippen LogP contribution in [-0.2, 0) is 0 Å². The maximum Gasteiger partial charge on any atom is 0.0586 e. The predicted molar refractivity (Wildman–Crippen MR) is 50.9 cm³/mol. The second-order valence-electron chi connectivity index (χ2n) is 3.53. The molecule has 0 saturated carbocycles. The van der Waals surface area contributed by atoms with Gasteiger partial charge in [0.05, 0.1) is 6.10 Å². The van der Waals surface area contributed by atoms with E-state index in [9.17, 15) is 5.11 Å². The Morgan fingerprint density at radius 2 is 2.09 bits per heavy atom. The van der Waals surface area contributed by atoms with Crippen LogP contribution < -0.4 is 0 Å². The number of aliphatic hydroxyl groups excluding tert-OH is 1. The first-order valence-corrected chi connectivity index (χ1v) is 5.43. The summed E-state index contributed by atoms with van der Waals surface area (Å²) < 4.78 is 0. The van der Waals surface area contributed by atoms with Crippen LogP contribution in [0.25, 0.3) is 0 Å². The minimum atomic E-state index is -0.0591. The van der Waals surface area contributed by atoms with Crippen LogP contribution in [0.15, 0.2) is 0 Å². The molecule has 4 atom stereocenters. The van der Waals surface area contributed by atoms with E-state index in [4.69, 9.17) is 0 Å². The van der Waals surface area contributed by atoms with Crippen LogP contribution in [0.2, 0.25) is 0 Å². The highest BCUT2D eigenvalue weighted by Gasteiger charge is 2.30. The molecule has 0 aromatic rings. The molecule has 0 amide bonds. The Labute approximate surface area is 73.6 Å². The zero-order valence-corrected chi connectivity index (χ0v) is 8.40. The summed E-state index contributed by atoms with van der Waals surface area (Å²) in [6.45, 7) is 6.57. The molecular formula is C9H18OS. The third-order valence-electron chi connectivity index (χ3n) is 2.71. The highest BCUT2D eigenvalue weighted by molar-refractivity contribution is 8.00. The van der Waals surface area contributed by atoms with E-state index < -0.39 is 0 Å². The lowest BCUT2D eigenvalue weighted by Crippen LogP contribution is -2.34. The van der Waals surface area contributed by atoms with E-state index in [2.05, 4.69) is 20.8 Å². The fourth-order valence-electron chi connectivity index (χ4n) is 1.54. The van der Waals surface area contributed by atoms with Gasteiger partial charge < -0.3 is 5.11 Å². The van der Waals surface area contributed by atoms with E-state index in [1.54, 1.807) is 0 Å². The van der Waals surface area contributed by atoms with Gasteiger partial charge in [0, 0.05) is 10.5 Å². The summed E-state index contributed by atoms with van der Waals surface area (Å²) in [6, 6.07) is 0. The van der Waals surface area contributed by atoms with Crippen molar-refractivity contribution in [1.29, 1.82) is 0 Å². The van der Waals surface area contributed by atoms with Gasteiger partial charge in [-0.05, 0) is 18.8 Å².